The van der Waals surface area contributed by atoms with Gasteiger partial charge in [0.15, 0.2) is 5.69 Å². The summed E-state index contributed by atoms with van der Waals surface area (Å²) in [6.45, 7) is -0.800. The summed E-state index contributed by atoms with van der Waals surface area (Å²) < 4.78 is 4.80. The summed E-state index contributed by atoms with van der Waals surface area (Å²) in [5.74, 6) is -0.740. The fourth-order valence-electron chi connectivity index (χ4n) is 0.861. The average molecular weight is 232 g/mol. The maximum absolute atomic E-state index is 11.0. The Labute approximate surface area is 90.1 Å². The van der Waals surface area contributed by atoms with E-state index in [2.05, 4.69) is 4.98 Å². The molecule has 0 radical (unpaired) electrons. The van der Waals surface area contributed by atoms with Crippen molar-refractivity contribution < 1.29 is 24.8 Å². The molecule has 0 aromatic carbocycles. The molecular formula is C7H12N4O5. The standard InChI is InChI=1S/C7H12N4O5/c8-4-5(9)11(15)7(14)10-6(4)16-2-3(13)1-12/h3,12-13H,1-2,8-9H2,(H,10,14). The molecule has 1 aromatic rings. The van der Waals surface area contributed by atoms with Gasteiger partial charge in [-0.2, -0.15) is 0 Å². The Morgan fingerprint density at radius 1 is 1.50 bits per heavy atom. The third kappa shape index (κ3) is 2.32. The van der Waals surface area contributed by atoms with E-state index in [1.54, 1.807) is 0 Å². The van der Waals surface area contributed by atoms with Gasteiger partial charge in [-0.15, -0.1) is 0 Å². The van der Waals surface area contributed by atoms with Crippen molar-refractivity contribution in [2.75, 3.05) is 24.7 Å². The largest absolute Gasteiger partial charge is 0.738 e. The van der Waals surface area contributed by atoms with Crippen molar-refractivity contribution in [2.45, 2.75) is 6.10 Å². The first-order valence-corrected chi connectivity index (χ1v) is 4.26. The number of aromatic nitrogens is 2. The highest BCUT2D eigenvalue weighted by Crippen LogP contribution is 2.24. The summed E-state index contributed by atoms with van der Waals surface area (Å²) >= 11 is 0. The van der Waals surface area contributed by atoms with Gasteiger partial charge < -0.3 is 36.7 Å². The van der Waals surface area contributed by atoms with Gasteiger partial charge in [0.25, 0.3) is 5.82 Å². The van der Waals surface area contributed by atoms with Crippen molar-refractivity contribution >= 4 is 11.5 Å². The molecule has 1 unspecified atom stereocenters. The number of rotatable bonds is 4. The molecule has 0 aliphatic rings. The second-order valence-electron chi connectivity index (χ2n) is 2.96. The SMILES string of the molecule is Nc1c(OCC(O)CO)nc(O)[n+]([O-])c1N. The van der Waals surface area contributed by atoms with Crippen LogP contribution in [-0.2, 0) is 0 Å². The van der Waals surface area contributed by atoms with Gasteiger partial charge in [0.2, 0.25) is 0 Å². The maximum Gasteiger partial charge on any atom is 0.435 e. The Balaban J connectivity index is 2.89. The number of anilines is 2. The molecule has 7 N–H and O–H groups in total. The molecule has 1 aromatic heterocycles. The average Bonchev–Trinajstić information content (AvgIpc) is 2.28. The molecule has 1 heterocycles. The summed E-state index contributed by atoms with van der Waals surface area (Å²) in [4.78, 5) is 3.33. The zero-order valence-corrected chi connectivity index (χ0v) is 8.20. The first kappa shape index (κ1) is 12.1. The number of nitrogens with two attached hydrogens (primary N) is 2. The van der Waals surface area contributed by atoms with Crippen LogP contribution >= 0.6 is 0 Å². The van der Waals surface area contributed by atoms with Crippen LogP contribution < -0.4 is 20.9 Å². The molecule has 0 spiro atoms. The van der Waals surface area contributed by atoms with E-state index in [1.165, 1.54) is 0 Å². The first-order chi connectivity index (χ1) is 7.47. The summed E-state index contributed by atoms with van der Waals surface area (Å²) in [5, 5.41) is 37.6. The normalized spacial score (nSPS) is 12.4. The molecule has 0 saturated heterocycles. The van der Waals surface area contributed by atoms with Crippen LogP contribution in [0.4, 0.5) is 11.5 Å². The van der Waals surface area contributed by atoms with Crippen molar-refractivity contribution in [1.82, 2.24) is 4.98 Å². The number of hydrogen-bond donors (Lipinski definition) is 5. The molecule has 1 atom stereocenters. The topological polar surface area (TPSA) is 162 Å². The van der Waals surface area contributed by atoms with E-state index in [-0.39, 0.29) is 22.9 Å². The number of aliphatic hydroxyl groups excluding tert-OH is 2. The molecule has 9 nitrogen and oxygen atoms in total. The number of ether oxygens (including phenoxy) is 1. The van der Waals surface area contributed by atoms with Crippen LogP contribution in [0.3, 0.4) is 0 Å². The highest BCUT2D eigenvalue weighted by molar-refractivity contribution is 5.61. The monoisotopic (exact) mass is 232 g/mol. The predicted octanol–water partition coefficient (Wildman–Crippen LogP) is -2.68. The number of aliphatic hydroxyl groups is 2. The summed E-state index contributed by atoms with van der Waals surface area (Å²) in [7, 11) is 0. The molecule has 0 amide bonds. The summed E-state index contributed by atoms with van der Waals surface area (Å²) in [6, 6.07) is -0.916. The fraction of sp³-hybridized carbons (Fsp3) is 0.429. The molecular weight excluding hydrogens is 220 g/mol. The van der Waals surface area contributed by atoms with Crippen molar-refractivity contribution in [3.8, 4) is 11.9 Å². The second kappa shape index (κ2) is 4.68. The Morgan fingerprint density at radius 3 is 2.69 bits per heavy atom. The van der Waals surface area contributed by atoms with Crippen LogP contribution in [0.15, 0.2) is 0 Å². The minimum absolute atomic E-state index is 0.0648. The Morgan fingerprint density at radius 2 is 2.12 bits per heavy atom. The van der Waals surface area contributed by atoms with Crippen molar-refractivity contribution in [2.24, 2.45) is 0 Å². The van der Waals surface area contributed by atoms with Crippen LogP contribution in [0, 0.1) is 5.21 Å². The van der Waals surface area contributed by atoms with E-state index in [9.17, 15) is 5.21 Å². The van der Waals surface area contributed by atoms with Gasteiger partial charge in [-0.25, -0.2) is 4.73 Å². The lowest BCUT2D eigenvalue weighted by Crippen LogP contribution is -2.33. The Hall–Kier alpha value is -2.00. The number of aromatic hydroxyl groups is 1. The molecule has 0 bridgehead atoms. The molecule has 16 heavy (non-hydrogen) atoms. The third-order valence-electron chi connectivity index (χ3n) is 1.73. The number of nitrogen functional groups attached to an aromatic ring is 2. The predicted molar refractivity (Wildman–Crippen MR) is 52.3 cm³/mol. The van der Waals surface area contributed by atoms with Gasteiger partial charge >= 0.3 is 11.9 Å². The van der Waals surface area contributed by atoms with Crippen LogP contribution in [-0.4, -0.2) is 39.6 Å². The van der Waals surface area contributed by atoms with E-state index in [0.29, 0.717) is 0 Å². The summed E-state index contributed by atoms with van der Waals surface area (Å²) in [5.41, 5.74) is 10.4. The van der Waals surface area contributed by atoms with Crippen LogP contribution in [0.5, 0.6) is 11.9 Å². The van der Waals surface area contributed by atoms with Crippen molar-refractivity contribution in [3.63, 3.8) is 0 Å². The van der Waals surface area contributed by atoms with Crippen LogP contribution in [0.1, 0.15) is 0 Å². The van der Waals surface area contributed by atoms with Crippen LogP contribution in [0.25, 0.3) is 0 Å². The van der Waals surface area contributed by atoms with Gasteiger partial charge in [0.05, 0.1) is 6.61 Å². The fourth-order valence-corrected chi connectivity index (χ4v) is 0.861. The van der Waals surface area contributed by atoms with E-state index in [1.807, 2.05) is 0 Å². The quantitative estimate of drug-likeness (QED) is 0.277. The first-order valence-electron chi connectivity index (χ1n) is 4.26. The maximum atomic E-state index is 11.0. The van der Waals surface area contributed by atoms with Gasteiger partial charge in [-0.1, -0.05) is 0 Å². The van der Waals surface area contributed by atoms with Gasteiger partial charge in [0, 0.05) is 0 Å². The Kier molecular flexibility index (Phi) is 3.53. The molecule has 1 rings (SSSR count). The molecule has 9 heteroatoms. The highest BCUT2D eigenvalue weighted by atomic mass is 16.5. The molecule has 0 aliphatic carbocycles. The van der Waals surface area contributed by atoms with Crippen molar-refractivity contribution in [1.29, 1.82) is 0 Å². The highest BCUT2D eigenvalue weighted by Gasteiger charge is 2.19. The van der Waals surface area contributed by atoms with Gasteiger partial charge in [0.1, 0.15) is 12.7 Å². The third-order valence-corrected chi connectivity index (χ3v) is 1.73. The van der Waals surface area contributed by atoms with Crippen LogP contribution in [0.2, 0.25) is 0 Å². The summed E-state index contributed by atoms with van der Waals surface area (Å²) in [6.07, 6.45) is -1.12. The van der Waals surface area contributed by atoms with Gasteiger partial charge in [-0.05, 0) is 4.98 Å². The number of nitrogens with zero attached hydrogens (tertiary/aromatic N) is 2. The zero-order valence-electron chi connectivity index (χ0n) is 8.20. The minimum atomic E-state index is -1.12. The lowest BCUT2D eigenvalue weighted by molar-refractivity contribution is -0.601. The minimum Gasteiger partial charge on any atom is -0.738 e. The second-order valence-corrected chi connectivity index (χ2v) is 2.96. The molecule has 0 fully saturated rings. The Bertz CT molecular complexity index is 386. The molecule has 0 saturated carbocycles. The smallest absolute Gasteiger partial charge is 0.435 e. The lowest BCUT2D eigenvalue weighted by Gasteiger charge is -2.12. The van der Waals surface area contributed by atoms with E-state index >= 15 is 0 Å². The van der Waals surface area contributed by atoms with E-state index in [4.69, 9.17) is 31.5 Å². The molecule has 0 aliphatic heterocycles. The van der Waals surface area contributed by atoms with E-state index in [0.717, 1.165) is 0 Å². The number of hydrogen-bond acceptors (Lipinski definition) is 8. The lowest BCUT2D eigenvalue weighted by atomic mass is 10.4. The molecule has 90 valence electrons. The van der Waals surface area contributed by atoms with Gasteiger partial charge in [-0.3, -0.25) is 0 Å². The van der Waals surface area contributed by atoms with E-state index < -0.39 is 24.5 Å². The zero-order chi connectivity index (χ0) is 12.3. The van der Waals surface area contributed by atoms with Crippen molar-refractivity contribution in [3.05, 3.63) is 5.21 Å².